The van der Waals surface area contributed by atoms with E-state index in [-0.39, 0.29) is 4.83 Å². The first kappa shape index (κ1) is 6.14. The molecule has 8 heavy (non-hydrogen) atoms. The summed E-state index contributed by atoms with van der Waals surface area (Å²) in [7, 11) is 0. The van der Waals surface area contributed by atoms with Gasteiger partial charge < -0.3 is 5.11 Å². The van der Waals surface area contributed by atoms with Gasteiger partial charge in [0.25, 0.3) is 0 Å². The van der Waals surface area contributed by atoms with E-state index in [1.807, 2.05) is 6.08 Å². The maximum atomic E-state index is 8.99. The van der Waals surface area contributed by atoms with Crippen LogP contribution in [0.5, 0.6) is 0 Å². The molecule has 0 aromatic heterocycles. The Morgan fingerprint density at radius 2 is 2.50 bits per heavy atom. The molecule has 0 saturated carbocycles. The predicted octanol–water partition coefficient (Wildman–Crippen LogP) is 2.38. The van der Waals surface area contributed by atoms with Gasteiger partial charge in [0.05, 0.1) is 4.83 Å². The minimum Gasteiger partial charge on any atom is -0.511 e. The fourth-order valence-electron chi connectivity index (χ4n) is 0.823. The standard InChI is InChI=1S/C6H9BrO/c7-5-3-1-2-4-6(5)8/h4-5,8H,1-3H2. The van der Waals surface area contributed by atoms with Crippen molar-refractivity contribution in [2.75, 3.05) is 0 Å². The summed E-state index contributed by atoms with van der Waals surface area (Å²) in [5.41, 5.74) is 0. The van der Waals surface area contributed by atoms with Crippen molar-refractivity contribution in [3.05, 3.63) is 11.8 Å². The molecule has 1 aliphatic carbocycles. The van der Waals surface area contributed by atoms with Gasteiger partial charge in [0.1, 0.15) is 5.76 Å². The van der Waals surface area contributed by atoms with Crippen molar-refractivity contribution in [1.82, 2.24) is 0 Å². The largest absolute Gasteiger partial charge is 0.511 e. The summed E-state index contributed by atoms with van der Waals surface area (Å²) in [6.07, 6.45) is 5.18. The van der Waals surface area contributed by atoms with Gasteiger partial charge in [0.15, 0.2) is 0 Å². The Hall–Kier alpha value is 0.0200. The summed E-state index contributed by atoms with van der Waals surface area (Å²) >= 11 is 3.34. The summed E-state index contributed by atoms with van der Waals surface area (Å²) in [5, 5.41) is 8.99. The van der Waals surface area contributed by atoms with Crippen LogP contribution in [0.2, 0.25) is 0 Å². The highest BCUT2D eigenvalue weighted by Gasteiger charge is 2.11. The van der Waals surface area contributed by atoms with Crippen LogP contribution < -0.4 is 0 Å². The van der Waals surface area contributed by atoms with Crippen molar-refractivity contribution in [1.29, 1.82) is 0 Å². The van der Waals surface area contributed by atoms with E-state index in [1.54, 1.807) is 0 Å². The van der Waals surface area contributed by atoms with Crippen LogP contribution in [0.15, 0.2) is 11.8 Å². The molecule has 1 atom stereocenters. The SMILES string of the molecule is OC1=CCCCC1Br. The van der Waals surface area contributed by atoms with Crippen molar-refractivity contribution in [2.24, 2.45) is 0 Å². The van der Waals surface area contributed by atoms with Gasteiger partial charge >= 0.3 is 0 Å². The summed E-state index contributed by atoms with van der Waals surface area (Å²) in [5.74, 6) is 0.510. The lowest BCUT2D eigenvalue weighted by Crippen LogP contribution is -2.05. The van der Waals surface area contributed by atoms with Crippen LogP contribution in [0.4, 0.5) is 0 Å². The Kier molecular flexibility index (Phi) is 1.95. The number of aliphatic hydroxyl groups is 1. The second-order valence-corrected chi connectivity index (χ2v) is 3.13. The molecule has 1 N–H and O–H groups in total. The first-order chi connectivity index (χ1) is 3.80. The number of aliphatic hydroxyl groups excluding tert-OH is 1. The number of alkyl halides is 1. The lowest BCUT2D eigenvalue weighted by molar-refractivity contribution is 0.376. The van der Waals surface area contributed by atoms with Crippen molar-refractivity contribution >= 4 is 15.9 Å². The topological polar surface area (TPSA) is 20.2 Å². The second-order valence-electron chi connectivity index (χ2n) is 2.03. The van der Waals surface area contributed by atoms with Gasteiger partial charge in [-0.05, 0) is 25.3 Å². The summed E-state index contributed by atoms with van der Waals surface area (Å²) in [4.78, 5) is 0.233. The third-order valence-corrected chi connectivity index (χ3v) is 2.26. The molecule has 0 aliphatic heterocycles. The van der Waals surface area contributed by atoms with E-state index in [2.05, 4.69) is 15.9 Å². The summed E-state index contributed by atoms with van der Waals surface area (Å²) in [6, 6.07) is 0. The van der Waals surface area contributed by atoms with Gasteiger partial charge in [0, 0.05) is 0 Å². The van der Waals surface area contributed by atoms with Gasteiger partial charge in [0.2, 0.25) is 0 Å². The molecule has 0 spiro atoms. The van der Waals surface area contributed by atoms with Gasteiger partial charge in [-0.15, -0.1) is 0 Å². The third-order valence-electron chi connectivity index (χ3n) is 1.34. The van der Waals surface area contributed by atoms with E-state index in [1.165, 1.54) is 6.42 Å². The smallest absolute Gasteiger partial charge is 0.102 e. The summed E-state index contributed by atoms with van der Waals surface area (Å²) < 4.78 is 0. The zero-order valence-corrected chi connectivity index (χ0v) is 6.19. The van der Waals surface area contributed by atoms with Crippen LogP contribution in [-0.4, -0.2) is 9.93 Å². The Morgan fingerprint density at radius 3 is 2.88 bits per heavy atom. The molecule has 0 bridgehead atoms. The predicted molar refractivity (Wildman–Crippen MR) is 37.3 cm³/mol. The van der Waals surface area contributed by atoms with E-state index in [0.29, 0.717) is 5.76 Å². The van der Waals surface area contributed by atoms with Gasteiger partial charge in [-0.2, -0.15) is 0 Å². The number of allylic oxidation sites excluding steroid dienone is 2. The molecule has 0 amide bonds. The highest BCUT2D eigenvalue weighted by atomic mass is 79.9. The fourth-order valence-corrected chi connectivity index (χ4v) is 1.33. The van der Waals surface area contributed by atoms with Crippen LogP contribution in [0, 0.1) is 0 Å². The van der Waals surface area contributed by atoms with Crippen LogP contribution in [-0.2, 0) is 0 Å². The van der Waals surface area contributed by atoms with Crippen LogP contribution in [0.25, 0.3) is 0 Å². The van der Waals surface area contributed by atoms with Crippen molar-refractivity contribution in [2.45, 2.75) is 24.1 Å². The zero-order chi connectivity index (χ0) is 5.98. The fraction of sp³-hybridized carbons (Fsp3) is 0.667. The van der Waals surface area contributed by atoms with Crippen molar-refractivity contribution < 1.29 is 5.11 Å². The number of rotatable bonds is 0. The minimum atomic E-state index is 0.233. The molecular weight excluding hydrogens is 168 g/mol. The number of hydrogen-bond donors (Lipinski definition) is 1. The van der Waals surface area contributed by atoms with Crippen LogP contribution in [0.1, 0.15) is 19.3 Å². The average molecular weight is 177 g/mol. The lowest BCUT2D eigenvalue weighted by Gasteiger charge is -2.12. The molecule has 0 aromatic carbocycles. The quantitative estimate of drug-likeness (QED) is 0.563. The highest BCUT2D eigenvalue weighted by molar-refractivity contribution is 9.09. The minimum absolute atomic E-state index is 0.233. The van der Waals surface area contributed by atoms with E-state index in [9.17, 15) is 0 Å². The van der Waals surface area contributed by atoms with Crippen LogP contribution in [0.3, 0.4) is 0 Å². The molecule has 0 radical (unpaired) electrons. The Labute approximate surface area is 57.5 Å². The first-order valence-corrected chi connectivity index (χ1v) is 3.75. The van der Waals surface area contributed by atoms with Crippen LogP contribution >= 0.6 is 15.9 Å². The molecule has 46 valence electrons. The molecular formula is C6H9BrO. The van der Waals surface area contributed by atoms with Gasteiger partial charge in [-0.1, -0.05) is 15.9 Å². The molecule has 1 rings (SSSR count). The molecule has 1 aliphatic rings. The number of hydrogen-bond acceptors (Lipinski definition) is 1. The van der Waals surface area contributed by atoms with Gasteiger partial charge in [-0.25, -0.2) is 0 Å². The van der Waals surface area contributed by atoms with Crippen molar-refractivity contribution in [3.8, 4) is 0 Å². The Bertz CT molecular complexity index is 109. The molecule has 1 unspecified atom stereocenters. The third kappa shape index (κ3) is 1.25. The van der Waals surface area contributed by atoms with E-state index in [4.69, 9.17) is 5.11 Å². The lowest BCUT2D eigenvalue weighted by atomic mass is 10.1. The first-order valence-electron chi connectivity index (χ1n) is 2.84. The molecule has 1 nitrogen and oxygen atoms in total. The van der Waals surface area contributed by atoms with E-state index < -0.39 is 0 Å². The molecule has 2 heteroatoms. The summed E-state index contributed by atoms with van der Waals surface area (Å²) in [6.45, 7) is 0. The maximum absolute atomic E-state index is 8.99. The Morgan fingerprint density at radius 1 is 1.75 bits per heavy atom. The normalized spacial score (nSPS) is 29.6. The number of halogens is 1. The Balaban J connectivity index is 2.53. The molecule has 0 aromatic rings. The van der Waals surface area contributed by atoms with E-state index in [0.717, 1.165) is 12.8 Å². The van der Waals surface area contributed by atoms with Crippen molar-refractivity contribution in [3.63, 3.8) is 0 Å². The second kappa shape index (κ2) is 2.53. The van der Waals surface area contributed by atoms with Gasteiger partial charge in [-0.3, -0.25) is 0 Å². The maximum Gasteiger partial charge on any atom is 0.102 e. The highest BCUT2D eigenvalue weighted by Crippen LogP contribution is 2.22. The molecule has 0 heterocycles. The molecule has 0 saturated heterocycles. The van der Waals surface area contributed by atoms with E-state index >= 15 is 0 Å². The zero-order valence-electron chi connectivity index (χ0n) is 4.60. The average Bonchev–Trinajstić information content (AvgIpc) is 1.77. The monoisotopic (exact) mass is 176 g/mol. The molecule has 0 fully saturated rings.